The summed E-state index contributed by atoms with van der Waals surface area (Å²) >= 11 is 0. The maximum Gasteiger partial charge on any atom is 0.433 e. The fourth-order valence-corrected chi connectivity index (χ4v) is 5.22. The van der Waals surface area contributed by atoms with Crippen LogP contribution < -0.4 is 4.74 Å². The van der Waals surface area contributed by atoms with Crippen LogP contribution in [-0.4, -0.2) is 63.7 Å². The molecule has 1 aromatic carbocycles. The summed E-state index contributed by atoms with van der Waals surface area (Å²) in [5.74, 6) is 0.556. The second-order valence-electron chi connectivity index (χ2n) is 9.69. The van der Waals surface area contributed by atoms with Crippen LogP contribution in [0.5, 0.6) is 5.75 Å². The first-order valence-corrected chi connectivity index (χ1v) is 12.0. The minimum atomic E-state index is -4.52. The first-order chi connectivity index (χ1) is 16.5. The lowest BCUT2D eigenvalue weighted by molar-refractivity contribution is -0.141. The van der Waals surface area contributed by atoms with Crippen LogP contribution in [0, 0.1) is 13.8 Å². The van der Waals surface area contributed by atoms with Crippen LogP contribution in [0.3, 0.4) is 0 Å². The minimum Gasteiger partial charge on any atom is -0.493 e. The highest BCUT2D eigenvalue weighted by Gasteiger charge is 2.47. The Morgan fingerprint density at radius 2 is 1.89 bits per heavy atom. The zero-order chi connectivity index (χ0) is 25.5. The maximum atomic E-state index is 13.0. The Bertz CT molecular complexity index is 1070. The number of carbonyl (C=O) groups excluding carboxylic acids is 1. The summed E-state index contributed by atoms with van der Waals surface area (Å²) in [4.78, 5) is 20.6. The number of ether oxygens (including phenoxy) is 1. The molecular formula is C26H32F3N3O3. The normalized spacial score (nSPS) is 21.9. The molecule has 0 saturated carbocycles. The van der Waals surface area contributed by atoms with Gasteiger partial charge in [-0.1, -0.05) is 6.07 Å². The molecule has 6 nitrogen and oxygen atoms in total. The molecule has 4 atom stereocenters. The highest BCUT2D eigenvalue weighted by atomic mass is 19.4. The van der Waals surface area contributed by atoms with E-state index in [-0.39, 0.29) is 29.6 Å². The number of piperazine rings is 1. The van der Waals surface area contributed by atoms with E-state index in [0.717, 1.165) is 36.5 Å². The molecule has 2 aliphatic rings. The number of fused-ring (bicyclic) bond motifs is 2. The van der Waals surface area contributed by atoms with Crippen LogP contribution in [0.15, 0.2) is 30.5 Å². The van der Waals surface area contributed by atoms with Crippen LogP contribution in [0.2, 0.25) is 0 Å². The molecule has 1 aromatic heterocycles. The molecule has 2 aliphatic heterocycles. The van der Waals surface area contributed by atoms with Crippen molar-refractivity contribution in [2.45, 2.75) is 70.9 Å². The molecule has 4 rings (SSSR count). The molecule has 9 heteroatoms. The summed E-state index contributed by atoms with van der Waals surface area (Å²) < 4.78 is 44.2. The van der Waals surface area contributed by atoms with Crippen molar-refractivity contribution in [1.29, 1.82) is 0 Å². The largest absolute Gasteiger partial charge is 0.493 e. The Morgan fingerprint density at radius 3 is 2.46 bits per heavy atom. The number of alkyl halides is 3. The smallest absolute Gasteiger partial charge is 0.433 e. The number of carbonyl (C=O) groups is 1. The first kappa shape index (κ1) is 25.4. The zero-order valence-corrected chi connectivity index (χ0v) is 20.5. The molecule has 190 valence electrons. The fraction of sp³-hybridized carbons (Fsp3) is 0.538. The molecule has 1 N–H and O–H groups in total. The number of pyridine rings is 1. The Hall–Kier alpha value is -2.65. The molecule has 2 bridgehead atoms. The van der Waals surface area contributed by atoms with Crippen LogP contribution in [-0.2, 0) is 6.18 Å². The predicted molar refractivity (Wildman–Crippen MR) is 125 cm³/mol. The predicted octanol–water partition coefficient (Wildman–Crippen LogP) is 4.53. The third-order valence-electron chi connectivity index (χ3n) is 7.36. The van der Waals surface area contributed by atoms with Crippen molar-refractivity contribution in [2.75, 3.05) is 19.7 Å². The average Bonchev–Trinajstić information content (AvgIpc) is 3.41. The van der Waals surface area contributed by atoms with Gasteiger partial charge >= 0.3 is 6.18 Å². The van der Waals surface area contributed by atoms with Gasteiger partial charge in [0, 0.05) is 43.8 Å². The fourth-order valence-electron chi connectivity index (χ4n) is 5.22. The number of benzene rings is 1. The van der Waals surface area contributed by atoms with E-state index >= 15 is 0 Å². The van der Waals surface area contributed by atoms with Crippen LogP contribution in [0.4, 0.5) is 13.2 Å². The van der Waals surface area contributed by atoms with E-state index in [1.54, 1.807) is 11.8 Å². The Balaban J connectivity index is 1.41. The summed E-state index contributed by atoms with van der Waals surface area (Å²) in [5, 5.41) is 9.45. The molecule has 2 saturated heterocycles. The van der Waals surface area contributed by atoms with Crippen LogP contribution >= 0.6 is 0 Å². The molecule has 35 heavy (non-hydrogen) atoms. The van der Waals surface area contributed by atoms with Crippen molar-refractivity contribution in [3.63, 3.8) is 0 Å². The van der Waals surface area contributed by atoms with Crippen LogP contribution in [0.25, 0.3) is 0 Å². The topological polar surface area (TPSA) is 65.9 Å². The number of rotatable bonds is 7. The van der Waals surface area contributed by atoms with Gasteiger partial charge in [-0.3, -0.25) is 14.7 Å². The summed E-state index contributed by atoms with van der Waals surface area (Å²) in [6.45, 7) is 9.76. The van der Waals surface area contributed by atoms with Crippen LogP contribution in [0.1, 0.15) is 65.5 Å². The van der Waals surface area contributed by atoms with Gasteiger partial charge in [-0.05, 0) is 69.0 Å². The molecule has 1 amide bonds. The van der Waals surface area contributed by atoms with Crippen molar-refractivity contribution in [3.05, 3.63) is 58.4 Å². The number of aliphatic hydroxyl groups is 1. The number of nitrogens with zero attached hydrogens (tertiary/aromatic N) is 3. The van der Waals surface area contributed by atoms with Crippen molar-refractivity contribution < 1.29 is 27.8 Å². The van der Waals surface area contributed by atoms with E-state index in [4.69, 9.17) is 4.74 Å². The molecule has 3 heterocycles. The lowest BCUT2D eigenvalue weighted by atomic mass is 9.96. The van der Waals surface area contributed by atoms with Crippen molar-refractivity contribution >= 4 is 5.91 Å². The van der Waals surface area contributed by atoms with Crippen molar-refractivity contribution in [1.82, 2.24) is 14.8 Å². The molecule has 2 aromatic rings. The Kier molecular flexibility index (Phi) is 7.11. The quantitative estimate of drug-likeness (QED) is 0.617. The third kappa shape index (κ3) is 5.16. The van der Waals surface area contributed by atoms with Crippen molar-refractivity contribution in [3.8, 4) is 5.75 Å². The second-order valence-corrected chi connectivity index (χ2v) is 9.69. The van der Waals surface area contributed by atoms with E-state index in [2.05, 4.69) is 29.8 Å². The summed E-state index contributed by atoms with van der Waals surface area (Å²) in [6, 6.07) is 6.52. The minimum absolute atomic E-state index is 0.0294. The summed E-state index contributed by atoms with van der Waals surface area (Å²) in [5.41, 5.74) is 2.64. The van der Waals surface area contributed by atoms with Gasteiger partial charge in [0.25, 0.3) is 5.91 Å². The van der Waals surface area contributed by atoms with Gasteiger partial charge in [0.05, 0.1) is 18.3 Å². The maximum absolute atomic E-state index is 13.0. The standard InChI is InChI=1S/C26H32F3N3O3/c1-15(33)9-10-35-23-7-6-22(16(2)17(23)3)18(4)31-13-21-11-20(31)14-32(21)25(34)19-5-8-24(30-12-19)26(27,28)29/h5-8,12,15,18,20-21,33H,9-11,13-14H2,1-4H3/t15-,18-,20+,21+/m0/s1. The SMILES string of the molecule is Cc1c(OCC[C@H](C)O)ccc([C@H](C)N2C[C@H]3C[C@@H]2CN3C(=O)c2ccc(C(F)(F)F)nc2)c1C. The zero-order valence-electron chi connectivity index (χ0n) is 20.5. The van der Waals surface area contributed by atoms with E-state index in [9.17, 15) is 23.1 Å². The molecule has 0 aliphatic carbocycles. The number of aliphatic hydroxyl groups excluding tert-OH is 1. The van der Waals surface area contributed by atoms with Gasteiger partial charge in [0.2, 0.25) is 0 Å². The van der Waals surface area contributed by atoms with Gasteiger partial charge in [-0.2, -0.15) is 13.2 Å². The second kappa shape index (κ2) is 9.78. The lowest BCUT2D eigenvalue weighted by Gasteiger charge is -2.38. The van der Waals surface area contributed by atoms with E-state index in [0.29, 0.717) is 19.6 Å². The molecule has 0 unspecified atom stereocenters. The van der Waals surface area contributed by atoms with Crippen molar-refractivity contribution in [2.24, 2.45) is 0 Å². The van der Waals surface area contributed by atoms with E-state index < -0.39 is 18.0 Å². The van der Waals surface area contributed by atoms with Gasteiger partial charge < -0.3 is 14.7 Å². The Morgan fingerprint density at radius 1 is 1.14 bits per heavy atom. The molecule has 0 radical (unpaired) electrons. The van der Waals surface area contributed by atoms with Gasteiger partial charge in [-0.25, -0.2) is 0 Å². The molecular weight excluding hydrogens is 459 g/mol. The first-order valence-electron chi connectivity index (χ1n) is 12.0. The number of amides is 1. The summed E-state index contributed by atoms with van der Waals surface area (Å²) in [7, 11) is 0. The number of hydrogen-bond acceptors (Lipinski definition) is 5. The number of likely N-dealkylation sites (tertiary alicyclic amines) is 2. The van der Waals surface area contributed by atoms with Gasteiger partial charge in [0.15, 0.2) is 0 Å². The number of halogens is 3. The van der Waals surface area contributed by atoms with E-state index in [1.807, 2.05) is 13.0 Å². The third-order valence-corrected chi connectivity index (χ3v) is 7.36. The summed E-state index contributed by atoms with van der Waals surface area (Å²) in [6.07, 6.45) is -2.48. The average molecular weight is 492 g/mol. The molecule has 0 spiro atoms. The lowest BCUT2D eigenvalue weighted by Crippen LogP contribution is -2.49. The van der Waals surface area contributed by atoms with Gasteiger partial charge in [-0.15, -0.1) is 0 Å². The number of hydrogen-bond donors (Lipinski definition) is 1. The van der Waals surface area contributed by atoms with E-state index in [1.165, 1.54) is 17.2 Å². The molecule has 2 fully saturated rings. The highest BCUT2D eigenvalue weighted by Crippen LogP contribution is 2.39. The monoisotopic (exact) mass is 491 g/mol. The Labute approximate surface area is 203 Å². The highest BCUT2D eigenvalue weighted by molar-refractivity contribution is 5.94. The van der Waals surface area contributed by atoms with Gasteiger partial charge in [0.1, 0.15) is 11.4 Å². The number of aromatic nitrogens is 1.